The third-order valence-corrected chi connectivity index (χ3v) is 6.45. The van der Waals surface area contributed by atoms with Gasteiger partial charge in [-0.2, -0.15) is 0 Å². The molecule has 0 aromatic heterocycles. The fraction of sp³-hybridized carbons (Fsp3) is 0.130. The minimum Gasteiger partial charge on any atom is -0.341 e. The molecule has 0 fully saturated rings. The average Bonchev–Trinajstić information content (AvgIpc) is 3.31. The molecule has 0 bridgehead atoms. The molecule has 162 valence electrons. The van der Waals surface area contributed by atoms with Gasteiger partial charge in [-0.25, -0.2) is 13.6 Å². The smallest absolute Gasteiger partial charge is 0.326 e. The van der Waals surface area contributed by atoms with Gasteiger partial charge in [-0.15, -0.1) is 0 Å². The summed E-state index contributed by atoms with van der Waals surface area (Å²) in [5.74, 6) is -1.29. The van der Waals surface area contributed by atoms with Crippen LogP contribution in [0.1, 0.15) is 33.1 Å². The van der Waals surface area contributed by atoms with E-state index in [4.69, 9.17) is 11.6 Å². The highest BCUT2D eigenvalue weighted by Gasteiger charge is 2.35. The van der Waals surface area contributed by atoms with E-state index < -0.39 is 23.7 Å². The van der Waals surface area contributed by atoms with Crippen LogP contribution in [0.15, 0.2) is 53.0 Å². The molecule has 2 aliphatic rings. The van der Waals surface area contributed by atoms with E-state index in [-0.39, 0.29) is 10.9 Å². The number of amides is 3. The summed E-state index contributed by atoms with van der Waals surface area (Å²) >= 11 is 9.67. The van der Waals surface area contributed by atoms with Crippen molar-refractivity contribution in [1.82, 2.24) is 5.32 Å². The molecule has 1 atom stereocenters. The molecule has 0 saturated carbocycles. The molecule has 5 rings (SSSR count). The van der Waals surface area contributed by atoms with Gasteiger partial charge >= 0.3 is 6.03 Å². The van der Waals surface area contributed by atoms with Crippen molar-refractivity contribution >= 4 is 50.8 Å². The number of hydrogen-bond donors (Lipinski definition) is 2. The maximum atomic E-state index is 13.9. The minimum atomic E-state index is -0.743. The lowest BCUT2D eigenvalue weighted by atomic mass is 9.96. The largest absolute Gasteiger partial charge is 0.341 e. The average molecular weight is 519 g/mol. The Labute approximate surface area is 195 Å². The Bertz CT molecular complexity index is 1300. The van der Waals surface area contributed by atoms with Crippen LogP contribution in [0.3, 0.4) is 0 Å². The monoisotopic (exact) mass is 517 g/mol. The van der Waals surface area contributed by atoms with Gasteiger partial charge in [0, 0.05) is 38.4 Å². The first kappa shape index (κ1) is 20.9. The van der Waals surface area contributed by atoms with E-state index in [1.165, 1.54) is 35.2 Å². The number of anilines is 2. The first-order chi connectivity index (χ1) is 15.3. The second-order valence-electron chi connectivity index (χ2n) is 7.59. The zero-order chi connectivity index (χ0) is 22.6. The lowest BCUT2D eigenvalue weighted by molar-refractivity contribution is 0.0960. The van der Waals surface area contributed by atoms with Crippen LogP contribution in [0.25, 0.3) is 0 Å². The van der Waals surface area contributed by atoms with Crippen LogP contribution in [0, 0.1) is 11.6 Å². The molecule has 0 saturated heterocycles. The van der Waals surface area contributed by atoms with Crippen molar-refractivity contribution in [1.29, 1.82) is 0 Å². The maximum Gasteiger partial charge on any atom is 0.326 e. The normalized spacial score (nSPS) is 16.6. The first-order valence-corrected chi connectivity index (χ1v) is 10.9. The standard InChI is InChI=1S/C23H15BrClF2N3O2/c24-12-7-16-20(21(29-22(16)31)15-9-13(26)3-4-17(15)25)18(8-12)28-23(32)30-6-5-11-1-2-14(27)10-19(11)30/h1-4,7-10,21H,5-6H2,(H,28,32)(H,29,31). The quantitative estimate of drug-likeness (QED) is 0.450. The van der Waals surface area contributed by atoms with Crippen LogP contribution >= 0.6 is 27.5 Å². The van der Waals surface area contributed by atoms with E-state index >= 15 is 0 Å². The molecule has 3 aromatic carbocycles. The van der Waals surface area contributed by atoms with E-state index in [9.17, 15) is 18.4 Å². The number of carbonyl (C=O) groups is 2. The molecule has 3 amide bonds. The van der Waals surface area contributed by atoms with Crippen molar-refractivity contribution in [3.8, 4) is 0 Å². The lowest BCUT2D eigenvalue weighted by Gasteiger charge is -2.22. The number of nitrogens with zero attached hydrogens (tertiary/aromatic N) is 1. The summed E-state index contributed by atoms with van der Waals surface area (Å²) in [6.07, 6.45) is 0.612. The number of urea groups is 1. The van der Waals surface area contributed by atoms with Gasteiger partial charge in [0.2, 0.25) is 0 Å². The van der Waals surface area contributed by atoms with Gasteiger partial charge in [0.15, 0.2) is 0 Å². The number of fused-ring (bicyclic) bond motifs is 2. The Morgan fingerprint density at radius 1 is 1.12 bits per heavy atom. The minimum absolute atomic E-state index is 0.286. The van der Waals surface area contributed by atoms with E-state index in [0.29, 0.717) is 45.5 Å². The Balaban J connectivity index is 1.55. The van der Waals surface area contributed by atoms with Crippen molar-refractivity contribution < 1.29 is 18.4 Å². The number of halogens is 4. The van der Waals surface area contributed by atoms with Crippen LogP contribution in [0.2, 0.25) is 5.02 Å². The fourth-order valence-electron chi connectivity index (χ4n) is 4.22. The van der Waals surface area contributed by atoms with Crippen LogP contribution in [-0.4, -0.2) is 18.5 Å². The summed E-state index contributed by atoms with van der Waals surface area (Å²) in [4.78, 5) is 27.2. The maximum absolute atomic E-state index is 13.9. The van der Waals surface area contributed by atoms with Crippen molar-refractivity contribution in [3.05, 3.63) is 91.9 Å². The van der Waals surface area contributed by atoms with Gasteiger partial charge in [0.1, 0.15) is 11.6 Å². The molecule has 2 aliphatic heterocycles. The molecule has 32 heavy (non-hydrogen) atoms. The van der Waals surface area contributed by atoms with E-state index in [1.54, 1.807) is 18.2 Å². The van der Waals surface area contributed by atoms with Crippen LogP contribution in [0.5, 0.6) is 0 Å². The molecule has 0 radical (unpaired) electrons. The highest BCUT2D eigenvalue weighted by Crippen LogP contribution is 2.41. The van der Waals surface area contributed by atoms with Crippen LogP contribution in [0.4, 0.5) is 25.0 Å². The molecule has 0 aliphatic carbocycles. The Kier molecular flexibility index (Phi) is 5.14. The summed E-state index contributed by atoms with van der Waals surface area (Å²) in [6, 6.07) is 10.4. The van der Waals surface area contributed by atoms with Crippen molar-refractivity contribution in [2.75, 3.05) is 16.8 Å². The van der Waals surface area contributed by atoms with Gasteiger partial charge in [-0.3, -0.25) is 9.69 Å². The highest BCUT2D eigenvalue weighted by molar-refractivity contribution is 9.10. The fourth-order valence-corrected chi connectivity index (χ4v) is 4.90. The van der Waals surface area contributed by atoms with Gasteiger partial charge < -0.3 is 10.6 Å². The molecule has 3 aromatic rings. The Morgan fingerprint density at radius 2 is 1.88 bits per heavy atom. The topological polar surface area (TPSA) is 61.4 Å². The van der Waals surface area contributed by atoms with E-state index in [0.717, 1.165) is 5.56 Å². The molecule has 0 spiro atoms. The van der Waals surface area contributed by atoms with Gasteiger partial charge in [0.05, 0.1) is 11.7 Å². The van der Waals surface area contributed by atoms with Crippen molar-refractivity contribution in [3.63, 3.8) is 0 Å². The second kappa shape index (κ2) is 7.86. The number of nitrogens with one attached hydrogen (secondary N) is 2. The molecular weight excluding hydrogens is 504 g/mol. The predicted molar refractivity (Wildman–Crippen MR) is 121 cm³/mol. The summed E-state index contributed by atoms with van der Waals surface area (Å²) in [5, 5.41) is 5.94. The predicted octanol–water partition coefficient (Wildman–Crippen LogP) is 5.81. The van der Waals surface area contributed by atoms with Gasteiger partial charge in [-0.05, 0) is 54.4 Å². The summed E-state index contributed by atoms with van der Waals surface area (Å²) in [5.41, 5.74) is 2.96. The SMILES string of the molecule is O=C1NC(c2cc(F)ccc2Cl)c2c(NC(=O)N3CCc4ccc(F)cc43)cc(Br)cc21. The molecule has 1 unspecified atom stereocenters. The Morgan fingerprint density at radius 3 is 2.69 bits per heavy atom. The first-order valence-electron chi connectivity index (χ1n) is 9.78. The Hall–Kier alpha value is -2.97. The third-order valence-electron chi connectivity index (χ3n) is 5.65. The van der Waals surface area contributed by atoms with Gasteiger partial charge in [-0.1, -0.05) is 33.6 Å². The number of carbonyl (C=O) groups excluding carboxylic acids is 2. The highest BCUT2D eigenvalue weighted by atomic mass is 79.9. The van der Waals surface area contributed by atoms with Crippen LogP contribution < -0.4 is 15.5 Å². The second-order valence-corrected chi connectivity index (χ2v) is 8.91. The number of hydrogen-bond acceptors (Lipinski definition) is 2. The summed E-state index contributed by atoms with van der Waals surface area (Å²) in [6.45, 7) is 0.400. The van der Waals surface area contributed by atoms with Crippen LogP contribution in [-0.2, 0) is 6.42 Å². The number of rotatable bonds is 2. The van der Waals surface area contributed by atoms with Crippen molar-refractivity contribution in [2.24, 2.45) is 0 Å². The van der Waals surface area contributed by atoms with Crippen molar-refractivity contribution in [2.45, 2.75) is 12.5 Å². The lowest BCUT2D eigenvalue weighted by Crippen LogP contribution is -2.34. The molecule has 2 heterocycles. The zero-order valence-electron chi connectivity index (χ0n) is 16.4. The van der Waals surface area contributed by atoms with E-state index in [2.05, 4.69) is 26.6 Å². The van der Waals surface area contributed by atoms with E-state index in [1.807, 2.05) is 0 Å². The molecular formula is C23H15BrClF2N3O2. The molecule has 9 heteroatoms. The molecule has 5 nitrogen and oxygen atoms in total. The van der Waals surface area contributed by atoms with Gasteiger partial charge in [0.25, 0.3) is 5.91 Å². The summed E-state index contributed by atoms with van der Waals surface area (Å²) in [7, 11) is 0. The number of benzene rings is 3. The molecule has 2 N–H and O–H groups in total. The third kappa shape index (κ3) is 3.53. The summed E-state index contributed by atoms with van der Waals surface area (Å²) < 4.78 is 28.3. The zero-order valence-corrected chi connectivity index (χ0v) is 18.7.